The van der Waals surface area contributed by atoms with Gasteiger partial charge in [0.1, 0.15) is 12.6 Å². The molecule has 22 heavy (non-hydrogen) atoms. The Balaban J connectivity index is 2.80. The number of hydrogen-bond acceptors (Lipinski definition) is 4. The van der Waals surface area contributed by atoms with Gasteiger partial charge in [0.25, 0.3) is 0 Å². The second-order valence-corrected chi connectivity index (χ2v) is 5.25. The van der Waals surface area contributed by atoms with E-state index in [2.05, 4.69) is 11.9 Å². The largest absolute Gasteiger partial charge is 0.490 e. The molecule has 1 rings (SSSR count). The molecule has 5 heteroatoms. The Bertz CT molecular complexity index is 499. The van der Waals surface area contributed by atoms with Crippen molar-refractivity contribution in [3.05, 3.63) is 36.4 Å². The molecule has 0 bridgehead atoms. The molecule has 0 radical (unpaired) electrons. The number of benzene rings is 1. The van der Waals surface area contributed by atoms with E-state index in [1.54, 1.807) is 6.08 Å². The average molecular weight is 307 g/mol. The number of hydrogen-bond donors (Lipinski definition) is 2. The molecule has 2 N–H and O–H groups in total. The normalized spacial score (nSPS) is 12.0. The van der Waals surface area contributed by atoms with Crippen LogP contribution < -0.4 is 14.8 Å². The molecule has 0 heterocycles. The second-order valence-electron chi connectivity index (χ2n) is 5.25. The van der Waals surface area contributed by atoms with E-state index in [1.807, 2.05) is 39.0 Å². The van der Waals surface area contributed by atoms with Gasteiger partial charge in [0.05, 0.1) is 6.61 Å². The first-order valence-electron chi connectivity index (χ1n) is 7.45. The van der Waals surface area contributed by atoms with E-state index in [9.17, 15) is 9.90 Å². The summed E-state index contributed by atoms with van der Waals surface area (Å²) in [6.45, 7) is 10.7. The number of carboxylic acid groups (broad SMARTS) is 1. The molecule has 1 aromatic rings. The lowest BCUT2D eigenvalue weighted by Gasteiger charge is -2.18. The van der Waals surface area contributed by atoms with Crippen LogP contribution in [0.15, 0.2) is 30.9 Å². The molecule has 1 aromatic carbocycles. The van der Waals surface area contributed by atoms with Crippen molar-refractivity contribution in [1.82, 2.24) is 5.32 Å². The summed E-state index contributed by atoms with van der Waals surface area (Å²) in [5.41, 5.74) is 0.946. The standard InChI is InChI=1S/C17H25NO4/c1-5-9-22-14-8-7-13(10-15(14)21-6-2)11-18-16(12(3)4)17(19)20/h5,7-8,10,12,16,18H,1,6,9,11H2,2-4H3,(H,19,20). The van der Waals surface area contributed by atoms with Gasteiger partial charge in [0.2, 0.25) is 0 Å². The summed E-state index contributed by atoms with van der Waals surface area (Å²) in [4.78, 5) is 11.2. The van der Waals surface area contributed by atoms with Gasteiger partial charge in [-0.1, -0.05) is 32.6 Å². The molecule has 0 fully saturated rings. The SMILES string of the molecule is C=CCOc1ccc(CNC(C(=O)O)C(C)C)cc1OCC. The zero-order valence-electron chi connectivity index (χ0n) is 13.5. The third kappa shape index (κ3) is 5.41. The second kappa shape index (κ2) is 9.10. The van der Waals surface area contributed by atoms with E-state index in [4.69, 9.17) is 9.47 Å². The fourth-order valence-electron chi connectivity index (χ4n) is 2.03. The van der Waals surface area contributed by atoms with Crippen LogP contribution in [0.3, 0.4) is 0 Å². The van der Waals surface area contributed by atoms with Crippen LogP contribution in [0, 0.1) is 5.92 Å². The van der Waals surface area contributed by atoms with Crippen LogP contribution in [0.1, 0.15) is 26.3 Å². The molecule has 0 aliphatic carbocycles. The quantitative estimate of drug-likeness (QED) is 0.651. The molecule has 0 saturated heterocycles. The zero-order valence-corrected chi connectivity index (χ0v) is 13.5. The van der Waals surface area contributed by atoms with Gasteiger partial charge in [-0.2, -0.15) is 0 Å². The smallest absolute Gasteiger partial charge is 0.320 e. The molecule has 1 atom stereocenters. The molecule has 0 aliphatic rings. The topological polar surface area (TPSA) is 67.8 Å². The summed E-state index contributed by atoms with van der Waals surface area (Å²) in [7, 11) is 0. The Hall–Kier alpha value is -2.01. The Morgan fingerprint density at radius 3 is 2.64 bits per heavy atom. The molecule has 0 saturated carbocycles. The lowest BCUT2D eigenvalue weighted by atomic mass is 10.0. The number of nitrogens with one attached hydrogen (secondary N) is 1. The summed E-state index contributed by atoms with van der Waals surface area (Å²) in [6.07, 6.45) is 1.67. The van der Waals surface area contributed by atoms with Crippen molar-refractivity contribution in [2.75, 3.05) is 13.2 Å². The zero-order chi connectivity index (χ0) is 16.5. The Kier molecular flexibility index (Phi) is 7.46. The van der Waals surface area contributed by atoms with Crippen LogP contribution >= 0.6 is 0 Å². The number of carboxylic acids is 1. The van der Waals surface area contributed by atoms with Gasteiger partial charge < -0.3 is 19.9 Å². The maximum absolute atomic E-state index is 11.2. The lowest BCUT2D eigenvalue weighted by molar-refractivity contribution is -0.140. The summed E-state index contributed by atoms with van der Waals surface area (Å²) >= 11 is 0. The Morgan fingerprint density at radius 1 is 1.36 bits per heavy atom. The van der Waals surface area contributed by atoms with E-state index in [1.165, 1.54) is 0 Å². The first kappa shape index (κ1) is 18.0. The van der Waals surface area contributed by atoms with Crippen LogP contribution in [-0.4, -0.2) is 30.3 Å². The van der Waals surface area contributed by atoms with Gasteiger partial charge in [-0.25, -0.2) is 0 Å². The predicted octanol–water partition coefficient (Wildman–Crippen LogP) is 2.85. The molecule has 0 aromatic heterocycles. The van der Waals surface area contributed by atoms with Crippen LogP contribution in [0.25, 0.3) is 0 Å². The molecular weight excluding hydrogens is 282 g/mol. The van der Waals surface area contributed by atoms with Crippen molar-refractivity contribution in [3.63, 3.8) is 0 Å². The van der Waals surface area contributed by atoms with Crippen molar-refractivity contribution in [1.29, 1.82) is 0 Å². The molecular formula is C17H25NO4. The summed E-state index contributed by atoms with van der Waals surface area (Å²) < 4.78 is 11.1. The summed E-state index contributed by atoms with van der Waals surface area (Å²) in [5, 5.41) is 12.2. The van der Waals surface area contributed by atoms with Crippen LogP contribution in [0.2, 0.25) is 0 Å². The minimum atomic E-state index is -0.842. The van der Waals surface area contributed by atoms with E-state index in [-0.39, 0.29) is 5.92 Å². The van der Waals surface area contributed by atoms with Crippen LogP contribution in [0.5, 0.6) is 11.5 Å². The lowest BCUT2D eigenvalue weighted by Crippen LogP contribution is -2.40. The summed E-state index contributed by atoms with van der Waals surface area (Å²) in [6, 6.07) is 5.02. The van der Waals surface area contributed by atoms with E-state index in [0.29, 0.717) is 31.3 Å². The van der Waals surface area contributed by atoms with Crippen molar-refractivity contribution in [3.8, 4) is 11.5 Å². The monoisotopic (exact) mass is 307 g/mol. The fraction of sp³-hybridized carbons (Fsp3) is 0.471. The summed E-state index contributed by atoms with van der Waals surface area (Å²) in [5.74, 6) is 0.481. The Morgan fingerprint density at radius 2 is 2.09 bits per heavy atom. The number of ether oxygens (including phenoxy) is 2. The van der Waals surface area contributed by atoms with E-state index >= 15 is 0 Å². The highest BCUT2D eigenvalue weighted by atomic mass is 16.5. The van der Waals surface area contributed by atoms with Crippen LogP contribution in [0.4, 0.5) is 0 Å². The van der Waals surface area contributed by atoms with Crippen molar-refractivity contribution < 1.29 is 19.4 Å². The van der Waals surface area contributed by atoms with E-state index in [0.717, 1.165) is 5.56 Å². The van der Waals surface area contributed by atoms with Crippen molar-refractivity contribution in [2.45, 2.75) is 33.4 Å². The highest BCUT2D eigenvalue weighted by Gasteiger charge is 2.20. The maximum atomic E-state index is 11.2. The van der Waals surface area contributed by atoms with Gasteiger partial charge in [-0.05, 0) is 30.5 Å². The molecule has 0 aliphatic heterocycles. The minimum Gasteiger partial charge on any atom is -0.490 e. The van der Waals surface area contributed by atoms with Crippen LogP contribution in [-0.2, 0) is 11.3 Å². The minimum absolute atomic E-state index is 0.0130. The van der Waals surface area contributed by atoms with Gasteiger partial charge in [-0.15, -0.1) is 0 Å². The number of carbonyl (C=O) groups is 1. The molecule has 5 nitrogen and oxygen atoms in total. The predicted molar refractivity (Wildman–Crippen MR) is 86.4 cm³/mol. The first-order chi connectivity index (χ1) is 10.5. The third-order valence-corrected chi connectivity index (χ3v) is 3.12. The van der Waals surface area contributed by atoms with Crippen molar-refractivity contribution >= 4 is 5.97 Å². The highest BCUT2D eigenvalue weighted by Crippen LogP contribution is 2.28. The molecule has 0 amide bonds. The maximum Gasteiger partial charge on any atom is 0.320 e. The van der Waals surface area contributed by atoms with E-state index < -0.39 is 12.0 Å². The number of rotatable bonds is 10. The van der Waals surface area contributed by atoms with Gasteiger partial charge in [0.15, 0.2) is 11.5 Å². The highest BCUT2D eigenvalue weighted by molar-refractivity contribution is 5.73. The van der Waals surface area contributed by atoms with Gasteiger partial charge >= 0.3 is 5.97 Å². The van der Waals surface area contributed by atoms with Crippen molar-refractivity contribution in [2.24, 2.45) is 5.92 Å². The first-order valence-corrected chi connectivity index (χ1v) is 7.45. The molecule has 1 unspecified atom stereocenters. The van der Waals surface area contributed by atoms with Gasteiger partial charge in [-0.3, -0.25) is 4.79 Å². The van der Waals surface area contributed by atoms with Gasteiger partial charge in [0, 0.05) is 6.54 Å². The average Bonchev–Trinajstić information content (AvgIpc) is 2.46. The Labute approximate surface area is 131 Å². The third-order valence-electron chi connectivity index (χ3n) is 3.12. The number of aliphatic carboxylic acids is 1. The molecule has 122 valence electrons. The molecule has 0 spiro atoms. The fourth-order valence-corrected chi connectivity index (χ4v) is 2.03.